The number of Topliss-reactive ketones (excluding diaryl/α,β-unsaturated/α-hetero) is 2. The molecular weight excluding hydrogens is 725 g/mol. The van der Waals surface area contributed by atoms with Gasteiger partial charge in [0.25, 0.3) is 0 Å². The van der Waals surface area contributed by atoms with Crippen molar-refractivity contribution in [1.82, 2.24) is 10.3 Å². The van der Waals surface area contributed by atoms with Crippen LogP contribution in [0.4, 0.5) is 5.82 Å². The van der Waals surface area contributed by atoms with Gasteiger partial charge in [-0.05, 0) is 130 Å². The van der Waals surface area contributed by atoms with Crippen molar-refractivity contribution in [2.45, 2.75) is 96.5 Å². The molecule has 0 amide bonds. The second-order valence-electron chi connectivity index (χ2n) is 16.8. The lowest BCUT2D eigenvalue weighted by Crippen LogP contribution is -2.32. The highest BCUT2D eigenvalue weighted by Gasteiger charge is 2.42. The zero-order valence-corrected chi connectivity index (χ0v) is 34.6. The summed E-state index contributed by atoms with van der Waals surface area (Å²) < 4.78 is 5.48. The lowest BCUT2D eigenvalue weighted by atomic mass is 9.73. The van der Waals surface area contributed by atoms with Gasteiger partial charge < -0.3 is 26.0 Å². The van der Waals surface area contributed by atoms with Crippen LogP contribution in [0.5, 0.6) is 11.5 Å². The van der Waals surface area contributed by atoms with Crippen molar-refractivity contribution in [3.8, 4) is 23.3 Å². The number of aliphatic imine (C=N–C) groups is 1. The number of hydrogen-bond donors (Lipinski definition) is 4. The first kappa shape index (κ1) is 42.7. The zero-order chi connectivity index (χ0) is 41.2. The Bertz CT molecular complexity index is 2000. The van der Waals surface area contributed by atoms with Gasteiger partial charge in [-0.1, -0.05) is 55.5 Å². The Labute approximate surface area is 345 Å². The first-order valence-corrected chi connectivity index (χ1v) is 21.2. The summed E-state index contributed by atoms with van der Waals surface area (Å²) in [5.74, 6) is 8.36. The predicted octanol–water partition coefficient (Wildman–Crippen LogP) is 7.83. The van der Waals surface area contributed by atoms with Crippen LogP contribution in [0.25, 0.3) is 0 Å². The third-order valence-electron chi connectivity index (χ3n) is 12.6. The fourth-order valence-electron chi connectivity index (χ4n) is 9.53. The Morgan fingerprint density at radius 2 is 1.86 bits per heavy atom. The van der Waals surface area contributed by atoms with Crippen molar-refractivity contribution in [3.63, 3.8) is 0 Å². The Balaban J connectivity index is 1.40. The number of nitrogens with two attached hydrogens (primary N) is 1. The quantitative estimate of drug-likeness (QED) is 0.0735. The molecule has 0 saturated heterocycles. The summed E-state index contributed by atoms with van der Waals surface area (Å²) in [6.45, 7) is 5.29. The molecule has 2 aromatic carbocycles. The molecule has 8 atom stereocenters. The number of aryl methyl sites for hydroxylation is 1. The number of nitrogens with one attached hydrogen (secondary N) is 1. The molecule has 9 nitrogen and oxygen atoms in total. The smallest absolute Gasteiger partial charge is 0.177 e. The van der Waals surface area contributed by atoms with E-state index in [1.54, 1.807) is 18.3 Å². The van der Waals surface area contributed by atoms with Crippen molar-refractivity contribution in [2.24, 2.45) is 40.5 Å². The van der Waals surface area contributed by atoms with Gasteiger partial charge in [0.1, 0.15) is 35.6 Å². The highest BCUT2D eigenvalue weighted by atomic mass is 16.5. The number of aromatic nitrogens is 1. The SMILES string of the molecule is CCCC(C(O)CC1=C[C+](C(C)CCNC)C=N1)C1CC(Cc2ccnc(N)c2)CC2C#CC(c3ccccc3)c3cc(O)c(OC)cc3CCC(=O)CC(=O)C2C1. The number of anilines is 1. The van der Waals surface area contributed by atoms with E-state index >= 15 is 0 Å². The minimum Gasteiger partial charge on any atom is -0.504 e. The van der Waals surface area contributed by atoms with Crippen LogP contribution in [0.15, 0.2) is 77.6 Å². The summed E-state index contributed by atoms with van der Waals surface area (Å²) in [7, 11) is 3.47. The average molecular weight is 786 g/mol. The predicted molar refractivity (Wildman–Crippen MR) is 230 cm³/mol. The van der Waals surface area contributed by atoms with Crippen molar-refractivity contribution in [2.75, 3.05) is 26.4 Å². The Morgan fingerprint density at radius 1 is 1.05 bits per heavy atom. The monoisotopic (exact) mass is 785 g/mol. The van der Waals surface area contributed by atoms with Crippen LogP contribution in [0, 0.1) is 53.3 Å². The number of aromatic hydroxyl groups is 1. The number of hydrogen-bond acceptors (Lipinski definition) is 9. The highest BCUT2D eigenvalue weighted by molar-refractivity contribution is 6.00. The number of phenols is 1. The van der Waals surface area contributed by atoms with E-state index in [1.807, 2.05) is 55.7 Å². The summed E-state index contributed by atoms with van der Waals surface area (Å²) in [5.41, 5.74) is 10.8. The number of carbonyl (C=O) groups excluding carboxylic acids is 2. The molecule has 3 aliphatic rings. The number of phenolic OH excluding ortho intramolecular Hbond substituents is 1. The molecule has 1 fully saturated rings. The van der Waals surface area contributed by atoms with E-state index in [0.717, 1.165) is 66.6 Å². The molecule has 6 rings (SSSR count). The Morgan fingerprint density at radius 3 is 2.60 bits per heavy atom. The molecule has 0 radical (unpaired) electrons. The molecular formula is C49H61N4O5+. The maximum atomic E-state index is 14.6. The van der Waals surface area contributed by atoms with Crippen molar-refractivity contribution >= 4 is 23.6 Å². The number of pyridine rings is 1. The Hall–Kier alpha value is -4.91. The van der Waals surface area contributed by atoms with E-state index in [-0.39, 0.29) is 53.8 Å². The molecule has 0 bridgehead atoms. The van der Waals surface area contributed by atoms with Crippen LogP contribution in [0.1, 0.15) is 99.8 Å². The summed E-state index contributed by atoms with van der Waals surface area (Å²) >= 11 is 0. The highest BCUT2D eigenvalue weighted by Crippen LogP contribution is 2.45. The fourth-order valence-corrected chi connectivity index (χ4v) is 9.53. The van der Waals surface area contributed by atoms with Gasteiger partial charge >= 0.3 is 0 Å². The molecule has 8 unspecified atom stereocenters. The standard InChI is InChI=1S/C49H60N4O5/c1-5-9-42(45(55)27-39-24-38(30-53-39)31(2)16-18-51-3)37-22-33(20-32-17-19-52-49(50)23-32)21-35-13-15-41(34-10-7-6-8-11-34)43-29-47(57)48(58-4)26-36(43)12-14-40(54)28-46(56)44(35)25-37/h6-8,10-11,17,19,23-24,26,29-31,33,35,37,41-42,44-45,51,55H,5,9,12,14,16,18,20-22,25,27-28H2,1-4H3,(H2-,50,52,57)/p+1. The zero-order valence-electron chi connectivity index (χ0n) is 34.6. The van der Waals surface area contributed by atoms with Gasteiger partial charge in [0, 0.05) is 24.5 Å². The molecule has 1 saturated carbocycles. The van der Waals surface area contributed by atoms with Gasteiger partial charge in [-0.3, -0.25) is 9.59 Å². The van der Waals surface area contributed by atoms with Gasteiger partial charge in [0.2, 0.25) is 0 Å². The number of benzene rings is 2. The summed E-state index contributed by atoms with van der Waals surface area (Å²) in [6.07, 6.45) is 11.5. The van der Waals surface area contributed by atoms with E-state index in [4.69, 9.17) is 15.5 Å². The number of fused-ring (bicyclic) bond motifs is 2. The lowest BCUT2D eigenvalue weighted by molar-refractivity contribution is -0.130. The van der Waals surface area contributed by atoms with Crippen LogP contribution >= 0.6 is 0 Å². The normalized spacial score (nSPS) is 23.8. The van der Waals surface area contributed by atoms with E-state index in [2.05, 4.69) is 42.1 Å². The molecule has 58 heavy (non-hydrogen) atoms. The second-order valence-corrected chi connectivity index (χ2v) is 16.8. The Kier molecular flexibility index (Phi) is 14.9. The van der Waals surface area contributed by atoms with Crippen LogP contribution < -0.4 is 15.8 Å². The van der Waals surface area contributed by atoms with E-state index in [0.29, 0.717) is 43.2 Å². The topological polar surface area (TPSA) is 147 Å². The number of aliphatic hydroxyl groups is 1. The lowest BCUT2D eigenvalue weighted by Gasteiger charge is -2.32. The van der Waals surface area contributed by atoms with Crippen LogP contribution in [-0.2, 0) is 22.4 Å². The van der Waals surface area contributed by atoms with E-state index in [9.17, 15) is 19.8 Å². The maximum absolute atomic E-state index is 14.6. The number of ether oxygens (including phenoxy) is 1. The molecule has 306 valence electrons. The molecule has 2 heterocycles. The minimum absolute atomic E-state index is 0.0152. The first-order valence-electron chi connectivity index (χ1n) is 21.2. The molecule has 2 aliphatic carbocycles. The largest absolute Gasteiger partial charge is 0.504 e. The summed E-state index contributed by atoms with van der Waals surface area (Å²) in [4.78, 5) is 37.3. The number of rotatable bonds is 14. The molecule has 1 aliphatic heterocycles. The number of allylic oxidation sites excluding steroid dienone is 1. The van der Waals surface area contributed by atoms with Crippen molar-refractivity contribution < 1.29 is 24.5 Å². The third kappa shape index (κ3) is 10.8. The average Bonchev–Trinajstić information content (AvgIpc) is 3.60. The van der Waals surface area contributed by atoms with Crippen molar-refractivity contribution in [1.29, 1.82) is 0 Å². The molecule has 5 N–H and O–H groups in total. The number of ketones is 2. The van der Waals surface area contributed by atoms with Crippen LogP contribution in [0.2, 0.25) is 0 Å². The van der Waals surface area contributed by atoms with E-state index < -0.39 is 17.9 Å². The van der Waals surface area contributed by atoms with Crippen molar-refractivity contribution in [3.05, 3.63) is 101 Å². The molecule has 3 aromatic rings. The summed E-state index contributed by atoms with van der Waals surface area (Å²) in [6, 6.07) is 17.4. The minimum atomic E-state index is -0.646. The van der Waals surface area contributed by atoms with Crippen LogP contribution in [-0.4, -0.2) is 59.8 Å². The molecule has 1 aromatic heterocycles. The van der Waals surface area contributed by atoms with Gasteiger partial charge in [-0.2, -0.15) is 0 Å². The maximum Gasteiger partial charge on any atom is 0.177 e. The first-order chi connectivity index (χ1) is 28.1. The fraction of sp³-hybridized carbons (Fsp3) is 0.490. The number of carbonyl (C=O) groups is 2. The number of methoxy groups -OCH3 is 1. The summed E-state index contributed by atoms with van der Waals surface area (Å²) in [5, 5.41) is 26.4. The van der Waals surface area contributed by atoms with Gasteiger partial charge in [0.15, 0.2) is 17.2 Å². The second kappa shape index (κ2) is 20.2. The number of nitrogen functional groups attached to an aromatic ring is 1. The van der Waals surface area contributed by atoms with Crippen LogP contribution in [0.3, 0.4) is 0 Å². The molecule has 9 heteroatoms. The number of aliphatic hydroxyl groups excluding tert-OH is 1. The van der Waals surface area contributed by atoms with Gasteiger partial charge in [0.05, 0.1) is 37.9 Å². The van der Waals surface area contributed by atoms with E-state index in [1.165, 1.54) is 13.0 Å². The third-order valence-corrected chi connectivity index (χ3v) is 12.6. The molecule has 0 spiro atoms. The van der Waals surface area contributed by atoms with Gasteiger partial charge in [-0.25, -0.2) is 4.98 Å². The number of nitrogens with zero attached hydrogens (tertiary/aromatic N) is 2. The van der Waals surface area contributed by atoms with Gasteiger partial charge in [-0.15, -0.1) is 4.99 Å².